The quantitative estimate of drug-likeness (QED) is 0.549. The predicted octanol–water partition coefficient (Wildman–Crippen LogP) is 2.97. The predicted molar refractivity (Wildman–Crippen MR) is 62.7 cm³/mol. The first-order chi connectivity index (χ1) is 6.85. The fourth-order valence-electron chi connectivity index (χ4n) is 1.72. The Morgan fingerprint density at radius 3 is 2.21 bits per heavy atom. The van der Waals surface area contributed by atoms with Gasteiger partial charge in [-0.15, -0.1) is 0 Å². The molecule has 0 atom stereocenters. The molecule has 2 nitrogen and oxygen atoms in total. The van der Waals surface area contributed by atoms with E-state index in [9.17, 15) is 0 Å². The lowest BCUT2D eigenvalue weighted by molar-refractivity contribution is 0.192. The fraction of sp³-hybridized carbons (Fsp3) is 1.00. The molecule has 0 heterocycles. The van der Waals surface area contributed by atoms with Crippen LogP contribution in [0.5, 0.6) is 0 Å². The van der Waals surface area contributed by atoms with E-state index in [0.29, 0.717) is 0 Å². The maximum Gasteiger partial charge on any atom is 0.0462 e. The zero-order valence-corrected chi connectivity index (χ0v) is 10.1. The summed E-state index contributed by atoms with van der Waals surface area (Å²) in [5, 5.41) is 3.62. The third-order valence-electron chi connectivity index (χ3n) is 2.48. The summed E-state index contributed by atoms with van der Waals surface area (Å²) in [6, 6.07) is 0.743. The number of unbranched alkanes of at least 4 members (excludes halogenated alkanes) is 1. The van der Waals surface area contributed by atoms with E-state index in [2.05, 4.69) is 19.2 Å². The summed E-state index contributed by atoms with van der Waals surface area (Å²) in [4.78, 5) is 0. The second kappa shape index (κ2) is 11.0. The van der Waals surface area contributed by atoms with Crippen LogP contribution in [0.2, 0.25) is 0 Å². The van der Waals surface area contributed by atoms with E-state index < -0.39 is 0 Å². The van der Waals surface area contributed by atoms with E-state index >= 15 is 0 Å². The van der Waals surface area contributed by atoms with Crippen molar-refractivity contribution in [3.63, 3.8) is 0 Å². The van der Waals surface area contributed by atoms with E-state index in [1.54, 1.807) is 7.11 Å². The summed E-state index contributed by atoms with van der Waals surface area (Å²) in [5.41, 5.74) is 0. The molecule has 0 spiro atoms. The molecule has 0 amide bonds. The molecule has 0 aromatic carbocycles. The lowest BCUT2D eigenvalue weighted by Gasteiger charge is -2.17. The summed E-state index contributed by atoms with van der Waals surface area (Å²) >= 11 is 0. The lowest BCUT2D eigenvalue weighted by atomic mass is 10.1. The van der Waals surface area contributed by atoms with Gasteiger partial charge in [0.2, 0.25) is 0 Å². The molecule has 0 aromatic rings. The Bertz CT molecular complexity index is 100. The molecule has 0 rings (SSSR count). The molecule has 0 aliphatic rings. The average molecular weight is 201 g/mol. The second-order valence-electron chi connectivity index (χ2n) is 3.93. The third kappa shape index (κ3) is 8.52. The largest absolute Gasteiger partial charge is 0.385 e. The topological polar surface area (TPSA) is 21.3 Å². The Labute approximate surface area is 89.4 Å². The van der Waals surface area contributed by atoms with Crippen LogP contribution in [0.15, 0.2) is 0 Å². The van der Waals surface area contributed by atoms with Gasteiger partial charge in [-0.2, -0.15) is 0 Å². The van der Waals surface area contributed by atoms with Gasteiger partial charge < -0.3 is 10.1 Å². The molecule has 1 N–H and O–H groups in total. The van der Waals surface area contributed by atoms with Crippen LogP contribution >= 0.6 is 0 Å². The van der Waals surface area contributed by atoms with Crippen LogP contribution in [-0.2, 0) is 4.74 Å². The lowest BCUT2D eigenvalue weighted by Crippen LogP contribution is -2.29. The van der Waals surface area contributed by atoms with Crippen molar-refractivity contribution in [1.82, 2.24) is 5.32 Å². The smallest absolute Gasteiger partial charge is 0.0462 e. The molecule has 0 unspecified atom stereocenters. The van der Waals surface area contributed by atoms with Crippen molar-refractivity contribution >= 4 is 0 Å². The molecular formula is C12H27NO. The molecule has 0 aliphatic carbocycles. The minimum atomic E-state index is 0.743. The van der Waals surface area contributed by atoms with E-state index in [0.717, 1.165) is 19.2 Å². The monoisotopic (exact) mass is 201 g/mol. The Hall–Kier alpha value is -0.0800. The van der Waals surface area contributed by atoms with Crippen molar-refractivity contribution < 1.29 is 4.74 Å². The molecule has 2 heteroatoms. The van der Waals surface area contributed by atoms with Gasteiger partial charge in [-0.1, -0.05) is 26.7 Å². The van der Waals surface area contributed by atoms with Crippen molar-refractivity contribution in [2.75, 3.05) is 20.3 Å². The van der Waals surface area contributed by atoms with Crippen LogP contribution in [0.25, 0.3) is 0 Å². The highest BCUT2D eigenvalue weighted by atomic mass is 16.5. The molecule has 0 radical (unpaired) electrons. The van der Waals surface area contributed by atoms with Crippen molar-refractivity contribution in [1.29, 1.82) is 0 Å². The third-order valence-corrected chi connectivity index (χ3v) is 2.48. The Balaban J connectivity index is 3.30. The van der Waals surface area contributed by atoms with Crippen LogP contribution in [0, 0.1) is 0 Å². The highest BCUT2D eigenvalue weighted by Crippen LogP contribution is 2.04. The fourth-order valence-corrected chi connectivity index (χ4v) is 1.72. The van der Waals surface area contributed by atoms with E-state index in [1.165, 1.54) is 38.5 Å². The molecule has 0 fully saturated rings. The molecule has 0 saturated carbocycles. The molecule has 0 bridgehead atoms. The summed E-state index contributed by atoms with van der Waals surface area (Å²) in [7, 11) is 1.77. The maximum absolute atomic E-state index is 5.02. The first kappa shape index (κ1) is 13.9. The van der Waals surface area contributed by atoms with Crippen molar-refractivity contribution in [3.8, 4) is 0 Å². The number of hydrogen-bond acceptors (Lipinski definition) is 2. The van der Waals surface area contributed by atoms with Gasteiger partial charge in [0.15, 0.2) is 0 Å². The molecule has 86 valence electrons. The summed E-state index contributed by atoms with van der Waals surface area (Å²) in [6.45, 7) is 6.56. The number of methoxy groups -OCH3 is 1. The van der Waals surface area contributed by atoms with Gasteiger partial charge in [-0.05, 0) is 32.2 Å². The number of hydrogen-bond donors (Lipinski definition) is 1. The molecule has 0 aliphatic heterocycles. The highest BCUT2D eigenvalue weighted by Gasteiger charge is 2.04. The Kier molecular flexibility index (Phi) is 10.9. The van der Waals surface area contributed by atoms with E-state index in [-0.39, 0.29) is 0 Å². The van der Waals surface area contributed by atoms with Gasteiger partial charge in [0.05, 0.1) is 0 Å². The van der Waals surface area contributed by atoms with Gasteiger partial charge in [0.1, 0.15) is 0 Å². The van der Waals surface area contributed by atoms with Gasteiger partial charge >= 0.3 is 0 Å². The second-order valence-corrected chi connectivity index (χ2v) is 3.93. The molecule has 0 aromatic heterocycles. The molecular weight excluding hydrogens is 174 g/mol. The van der Waals surface area contributed by atoms with Crippen molar-refractivity contribution in [3.05, 3.63) is 0 Å². The van der Waals surface area contributed by atoms with Crippen LogP contribution in [-0.4, -0.2) is 26.3 Å². The van der Waals surface area contributed by atoms with Gasteiger partial charge in [-0.3, -0.25) is 0 Å². The zero-order valence-electron chi connectivity index (χ0n) is 10.1. The molecule has 0 saturated heterocycles. The first-order valence-electron chi connectivity index (χ1n) is 6.07. The average Bonchev–Trinajstić information content (AvgIpc) is 2.18. The Morgan fingerprint density at radius 2 is 1.71 bits per heavy atom. The SMILES string of the molecule is CCCC(CCC)NCCCCOC. The normalized spacial score (nSPS) is 11.1. The minimum absolute atomic E-state index is 0.743. The number of rotatable bonds is 10. The van der Waals surface area contributed by atoms with Gasteiger partial charge in [-0.25, -0.2) is 0 Å². The van der Waals surface area contributed by atoms with Crippen LogP contribution in [0.3, 0.4) is 0 Å². The van der Waals surface area contributed by atoms with Gasteiger partial charge in [0, 0.05) is 19.8 Å². The highest BCUT2D eigenvalue weighted by molar-refractivity contribution is 4.65. The first-order valence-corrected chi connectivity index (χ1v) is 6.07. The zero-order chi connectivity index (χ0) is 10.6. The summed E-state index contributed by atoms with van der Waals surface area (Å²) < 4.78 is 5.02. The van der Waals surface area contributed by atoms with Crippen molar-refractivity contribution in [2.45, 2.75) is 58.4 Å². The van der Waals surface area contributed by atoms with Crippen LogP contribution < -0.4 is 5.32 Å². The van der Waals surface area contributed by atoms with Crippen molar-refractivity contribution in [2.24, 2.45) is 0 Å². The minimum Gasteiger partial charge on any atom is -0.385 e. The standard InChI is InChI=1S/C12H27NO/c1-4-8-12(9-5-2)13-10-6-7-11-14-3/h12-13H,4-11H2,1-3H3. The van der Waals surface area contributed by atoms with Crippen LogP contribution in [0.1, 0.15) is 52.4 Å². The number of ether oxygens (including phenoxy) is 1. The van der Waals surface area contributed by atoms with E-state index in [4.69, 9.17) is 4.74 Å². The summed E-state index contributed by atoms with van der Waals surface area (Å²) in [5.74, 6) is 0. The van der Waals surface area contributed by atoms with Gasteiger partial charge in [0.25, 0.3) is 0 Å². The maximum atomic E-state index is 5.02. The Morgan fingerprint density at radius 1 is 1.07 bits per heavy atom. The van der Waals surface area contributed by atoms with E-state index in [1.807, 2.05) is 0 Å². The van der Waals surface area contributed by atoms with Crippen LogP contribution in [0.4, 0.5) is 0 Å². The number of nitrogens with one attached hydrogen (secondary N) is 1. The molecule has 14 heavy (non-hydrogen) atoms. The summed E-state index contributed by atoms with van der Waals surface area (Å²) in [6.07, 6.45) is 7.62.